The maximum Gasteiger partial charge on any atom is 0.284 e. The first-order chi connectivity index (χ1) is 12.0. The average molecular weight is 341 g/mol. The Hall–Kier alpha value is -3.42. The van der Waals surface area contributed by atoms with Gasteiger partial charge in [0.05, 0.1) is 10.6 Å². The number of fused-ring (bicyclic) bond motifs is 1. The Balaban J connectivity index is 1.66. The molecule has 1 aliphatic rings. The lowest BCUT2D eigenvalue weighted by atomic mass is 10.1. The van der Waals surface area contributed by atoms with Crippen LogP contribution in [-0.2, 0) is 4.79 Å². The van der Waals surface area contributed by atoms with Gasteiger partial charge in [0.2, 0.25) is 6.10 Å². The van der Waals surface area contributed by atoms with Gasteiger partial charge in [-0.2, -0.15) is 5.10 Å². The molecule has 0 saturated heterocycles. The highest BCUT2D eigenvalue weighted by molar-refractivity contribution is 5.99. The van der Waals surface area contributed by atoms with E-state index in [1.807, 2.05) is 6.07 Å². The third-order valence-electron chi connectivity index (χ3n) is 3.61. The number of hydrogen-bond acceptors (Lipinski definition) is 6. The Kier molecular flexibility index (Phi) is 4.60. The van der Waals surface area contributed by atoms with E-state index in [1.165, 1.54) is 12.1 Å². The van der Waals surface area contributed by atoms with Crippen LogP contribution < -0.4 is 14.9 Å². The minimum atomic E-state index is -0.823. The Morgan fingerprint density at radius 1 is 1.24 bits per heavy atom. The molecule has 8 nitrogen and oxygen atoms in total. The molecule has 0 bridgehead atoms. The normalized spacial score (nSPS) is 16.2. The van der Waals surface area contributed by atoms with Crippen LogP contribution in [0.3, 0.4) is 0 Å². The number of hydrogen-bond donors (Lipinski definition) is 1. The largest absolute Gasteiger partial charge is 0.485 e. The van der Waals surface area contributed by atoms with E-state index in [4.69, 9.17) is 9.47 Å². The molecule has 2 aromatic carbocycles. The highest BCUT2D eigenvalue weighted by Crippen LogP contribution is 2.30. The number of amides is 1. The predicted molar refractivity (Wildman–Crippen MR) is 89.8 cm³/mol. The Bertz CT molecular complexity index is 850. The average Bonchev–Trinajstić information content (AvgIpc) is 2.65. The predicted octanol–water partition coefficient (Wildman–Crippen LogP) is 2.28. The smallest absolute Gasteiger partial charge is 0.284 e. The third-order valence-corrected chi connectivity index (χ3v) is 3.61. The van der Waals surface area contributed by atoms with Crippen LogP contribution in [0.4, 0.5) is 5.69 Å². The number of carbonyl (C=O) groups excluding carboxylic acids is 1. The first-order valence-electron chi connectivity index (χ1n) is 7.52. The zero-order valence-corrected chi connectivity index (χ0v) is 13.3. The maximum absolute atomic E-state index is 12.2. The molecule has 0 radical (unpaired) electrons. The standard InChI is InChI=1S/C17H15N3O5/c1-11(12-5-4-6-13(9-12)20(22)23)18-19-17(21)16-10-24-14-7-2-3-8-15(14)25-16/h2-9,16H,10H2,1H3,(H,19,21)/b18-11+. The van der Waals surface area contributed by atoms with Gasteiger partial charge >= 0.3 is 0 Å². The summed E-state index contributed by atoms with van der Waals surface area (Å²) >= 11 is 0. The summed E-state index contributed by atoms with van der Waals surface area (Å²) in [6.45, 7) is 1.72. The summed E-state index contributed by atoms with van der Waals surface area (Å²) in [5.74, 6) is 0.621. The van der Waals surface area contributed by atoms with Crippen molar-refractivity contribution in [2.75, 3.05) is 6.61 Å². The quantitative estimate of drug-likeness (QED) is 0.522. The Morgan fingerprint density at radius 2 is 2.00 bits per heavy atom. The number of carbonyl (C=O) groups is 1. The number of non-ortho nitro benzene ring substituents is 1. The van der Waals surface area contributed by atoms with Gasteiger partial charge in [0, 0.05) is 17.7 Å². The second kappa shape index (κ2) is 7.00. The summed E-state index contributed by atoms with van der Waals surface area (Å²) in [5.41, 5.74) is 3.34. The lowest BCUT2D eigenvalue weighted by Crippen LogP contribution is -2.42. The van der Waals surface area contributed by atoms with Crippen LogP contribution >= 0.6 is 0 Å². The number of para-hydroxylation sites is 2. The van der Waals surface area contributed by atoms with Crippen molar-refractivity contribution in [3.63, 3.8) is 0 Å². The van der Waals surface area contributed by atoms with Crippen molar-refractivity contribution in [1.29, 1.82) is 0 Å². The van der Waals surface area contributed by atoms with Crippen molar-refractivity contribution in [1.82, 2.24) is 5.43 Å². The molecular formula is C17H15N3O5. The van der Waals surface area contributed by atoms with E-state index in [2.05, 4.69) is 10.5 Å². The van der Waals surface area contributed by atoms with Crippen molar-refractivity contribution in [3.8, 4) is 11.5 Å². The van der Waals surface area contributed by atoms with Crippen LogP contribution in [0.1, 0.15) is 12.5 Å². The van der Waals surface area contributed by atoms with Crippen LogP contribution in [0.15, 0.2) is 53.6 Å². The van der Waals surface area contributed by atoms with Crippen molar-refractivity contribution in [2.24, 2.45) is 5.10 Å². The number of nitrogens with one attached hydrogen (secondary N) is 1. The van der Waals surface area contributed by atoms with E-state index >= 15 is 0 Å². The molecule has 0 fully saturated rings. The van der Waals surface area contributed by atoms with E-state index in [0.29, 0.717) is 22.8 Å². The summed E-state index contributed by atoms with van der Waals surface area (Å²) in [6.07, 6.45) is -0.823. The van der Waals surface area contributed by atoms with Gasteiger partial charge in [0.25, 0.3) is 11.6 Å². The molecule has 1 N–H and O–H groups in total. The van der Waals surface area contributed by atoms with Crippen LogP contribution in [0.25, 0.3) is 0 Å². The summed E-state index contributed by atoms with van der Waals surface area (Å²) in [6, 6.07) is 13.1. The minimum Gasteiger partial charge on any atom is -0.485 e. The van der Waals surface area contributed by atoms with Crippen LogP contribution in [0.2, 0.25) is 0 Å². The first-order valence-corrected chi connectivity index (χ1v) is 7.52. The summed E-state index contributed by atoms with van der Waals surface area (Å²) in [7, 11) is 0. The second-order valence-electron chi connectivity index (χ2n) is 5.34. The van der Waals surface area contributed by atoms with Crippen LogP contribution in [-0.4, -0.2) is 29.3 Å². The van der Waals surface area contributed by atoms with Crippen molar-refractivity contribution in [2.45, 2.75) is 13.0 Å². The molecule has 0 saturated carbocycles. The molecule has 3 rings (SSSR count). The molecule has 1 atom stereocenters. The number of nitro benzene ring substituents is 1. The van der Waals surface area contributed by atoms with Crippen molar-refractivity contribution >= 4 is 17.3 Å². The topological polar surface area (TPSA) is 103 Å². The highest BCUT2D eigenvalue weighted by atomic mass is 16.6. The van der Waals surface area contributed by atoms with Gasteiger partial charge in [-0.25, -0.2) is 5.43 Å². The van der Waals surface area contributed by atoms with Crippen LogP contribution in [0, 0.1) is 10.1 Å². The summed E-state index contributed by atoms with van der Waals surface area (Å²) in [4.78, 5) is 22.5. The molecule has 8 heteroatoms. The van der Waals surface area contributed by atoms with Gasteiger partial charge in [-0.1, -0.05) is 24.3 Å². The molecular weight excluding hydrogens is 326 g/mol. The fraction of sp³-hybridized carbons (Fsp3) is 0.176. The zero-order valence-electron chi connectivity index (χ0n) is 13.3. The number of nitrogens with zero attached hydrogens (tertiary/aromatic N) is 2. The van der Waals surface area contributed by atoms with Gasteiger partial charge in [0.15, 0.2) is 11.5 Å². The van der Waals surface area contributed by atoms with Crippen molar-refractivity contribution in [3.05, 3.63) is 64.2 Å². The number of benzene rings is 2. The molecule has 0 aliphatic carbocycles. The van der Waals surface area contributed by atoms with E-state index < -0.39 is 16.9 Å². The van der Waals surface area contributed by atoms with Gasteiger partial charge in [-0.3, -0.25) is 14.9 Å². The molecule has 1 unspecified atom stereocenters. The van der Waals surface area contributed by atoms with E-state index in [1.54, 1.807) is 37.3 Å². The van der Waals surface area contributed by atoms with Gasteiger partial charge in [0.1, 0.15) is 6.61 Å². The second-order valence-corrected chi connectivity index (χ2v) is 5.34. The molecule has 2 aromatic rings. The van der Waals surface area contributed by atoms with Crippen LogP contribution in [0.5, 0.6) is 11.5 Å². The minimum absolute atomic E-state index is 0.0426. The van der Waals surface area contributed by atoms with E-state index in [0.717, 1.165) is 0 Å². The lowest BCUT2D eigenvalue weighted by molar-refractivity contribution is -0.384. The molecule has 1 amide bonds. The Morgan fingerprint density at radius 3 is 2.76 bits per heavy atom. The molecule has 1 aliphatic heterocycles. The molecule has 0 spiro atoms. The highest BCUT2D eigenvalue weighted by Gasteiger charge is 2.27. The molecule has 1 heterocycles. The van der Waals surface area contributed by atoms with E-state index in [9.17, 15) is 14.9 Å². The molecule has 0 aromatic heterocycles. The number of nitro groups is 1. The fourth-order valence-electron chi connectivity index (χ4n) is 2.27. The fourth-order valence-corrected chi connectivity index (χ4v) is 2.27. The number of hydrazone groups is 1. The van der Waals surface area contributed by atoms with Crippen molar-refractivity contribution < 1.29 is 19.2 Å². The van der Waals surface area contributed by atoms with Gasteiger partial charge in [-0.15, -0.1) is 0 Å². The third kappa shape index (κ3) is 3.74. The first kappa shape index (κ1) is 16.4. The molecule has 25 heavy (non-hydrogen) atoms. The number of rotatable bonds is 4. The van der Waals surface area contributed by atoms with Gasteiger partial charge < -0.3 is 9.47 Å². The Labute approximate surface area is 143 Å². The summed E-state index contributed by atoms with van der Waals surface area (Å²) in [5, 5.41) is 14.8. The maximum atomic E-state index is 12.2. The zero-order chi connectivity index (χ0) is 17.8. The SMILES string of the molecule is C/C(=N\NC(=O)C1COc2ccccc2O1)c1cccc([N+](=O)[O-])c1. The van der Waals surface area contributed by atoms with Gasteiger partial charge in [-0.05, 0) is 19.1 Å². The number of ether oxygens (including phenoxy) is 2. The monoisotopic (exact) mass is 341 g/mol. The lowest BCUT2D eigenvalue weighted by Gasteiger charge is -2.24. The van der Waals surface area contributed by atoms with E-state index in [-0.39, 0.29) is 12.3 Å². The molecule has 128 valence electrons. The summed E-state index contributed by atoms with van der Waals surface area (Å²) < 4.78 is 11.1.